The molecule has 0 unspecified atom stereocenters. The number of nitro benzene ring substituents is 1. The van der Waals surface area contributed by atoms with E-state index in [1.54, 1.807) is 18.2 Å². The molecule has 0 aliphatic heterocycles. The molecule has 0 aliphatic rings. The van der Waals surface area contributed by atoms with Crippen molar-refractivity contribution in [2.45, 2.75) is 0 Å². The molecule has 2 rings (SSSR count). The van der Waals surface area contributed by atoms with Crippen LogP contribution in [0.5, 0.6) is 17.2 Å². The third-order valence-electron chi connectivity index (χ3n) is 2.85. The average Bonchev–Trinajstić information content (AvgIpc) is 2.54. The standard InChI is InChI=1S/C15H13Cl2NO5/c1-21-13-5-3-11(18(19)20)9-15(13)23-7-6-22-14-8-10(16)2-4-12(14)17/h2-5,8-9H,6-7H2,1H3. The van der Waals surface area contributed by atoms with Crippen LogP contribution in [0.25, 0.3) is 0 Å². The summed E-state index contributed by atoms with van der Waals surface area (Å²) in [6, 6.07) is 8.99. The van der Waals surface area contributed by atoms with Crippen LogP contribution in [-0.4, -0.2) is 25.2 Å². The summed E-state index contributed by atoms with van der Waals surface area (Å²) in [5.41, 5.74) is -0.0837. The average molecular weight is 358 g/mol. The zero-order chi connectivity index (χ0) is 16.8. The first-order chi connectivity index (χ1) is 11.0. The number of hydrogen-bond donors (Lipinski definition) is 0. The Morgan fingerprint density at radius 1 is 1.00 bits per heavy atom. The van der Waals surface area contributed by atoms with Gasteiger partial charge in [0.2, 0.25) is 0 Å². The van der Waals surface area contributed by atoms with Gasteiger partial charge in [-0.1, -0.05) is 23.2 Å². The molecule has 0 atom stereocenters. The van der Waals surface area contributed by atoms with Crippen LogP contribution in [-0.2, 0) is 0 Å². The van der Waals surface area contributed by atoms with Gasteiger partial charge in [0, 0.05) is 17.2 Å². The minimum absolute atomic E-state index is 0.0837. The van der Waals surface area contributed by atoms with Gasteiger partial charge in [-0.15, -0.1) is 0 Å². The van der Waals surface area contributed by atoms with Gasteiger partial charge in [-0.05, 0) is 18.2 Å². The lowest BCUT2D eigenvalue weighted by Gasteiger charge is -2.12. The fraction of sp³-hybridized carbons (Fsp3) is 0.200. The molecule has 0 heterocycles. The van der Waals surface area contributed by atoms with Crippen molar-refractivity contribution in [3.63, 3.8) is 0 Å². The summed E-state index contributed by atoms with van der Waals surface area (Å²) in [5, 5.41) is 11.7. The van der Waals surface area contributed by atoms with E-state index in [-0.39, 0.29) is 24.7 Å². The normalized spacial score (nSPS) is 10.2. The van der Waals surface area contributed by atoms with Gasteiger partial charge in [-0.25, -0.2) is 0 Å². The van der Waals surface area contributed by atoms with Crippen LogP contribution in [0, 0.1) is 10.1 Å². The summed E-state index contributed by atoms with van der Waals surface area (Å²) in [5.74, 6) is 1.10. The van der Waals surface area contributed by atoms with Crippen LogP contribution >= 0.6 is 23.2 Å². The number of rotatable bonds is 7. The van der Waals surface area contributed by atoms with Crippen molar-refractivity contribution in [1.82, 2.24) is 0 Å². The van der Waals surface area contributed by atoms with Crippen molar-refractivity contribution in [2.75, 3.05) is 20.3 Å². The van der Waals surface area contributed by atoms with E-state index >= 15 is 0 Å². The van der Waals surface area contributed by atoms with Gasteiger partial charge in [0.1, 0.15) is 19.0 Å². The van der Waals surface area contributed by atoms with Crippen molar-refractivity contribution in [3.05, 3.63) is 56.6 Å². The molecule has 0 amide bonds. The molecule has 0 N–H and O–H groups in total. The molecule has 0 aromatic heterocycles. The predicted octanol–water partition coefficient (Wildman–Crippen LogP) is 4.37. The first-order valence-electron chi connectivity index (χ1n) is 6.54. The third-order valence-corrected chi connectivity index (χ3v) is 3.40. The quantitative estimate of drug-likeness (QED) is 0.418. The Labute approximate surface area is 142 Å². The lowest BCUT2D eigenvalue weighted by molar-refractivity contribution is -0.385. The minimum atomic E-state index is -0.505. The molecule has 122 valence electrons. The number of methoxy groups -OCH3 is 1. The molecule has 0 saturated heterocycles. The summed E-state index contributed by atoms with van der Waals surface area (Å²) >= 11 is 11.8. The van der Waals surface area contributed by atoms with Crippen molar-refractivity contribution in [2.24, 2.45) is 0 Å². The fourth-order valence-electron chi connectivity index (χ4n) is 1.78. The summed E-state index contributed by atoms with van der Waals surface area (Å²) in [7, 11) is 1.45. The van der Waals surface area contributed by atoms with E-state index in [1.807, 2.05) is 0 Å². The molecule has 2 aromatic rings. The maximum Gasteiger partial charge on any atom is 0.273 e. The third kappa shape index (κ3) is 4.64. The first-order valence-corrected chi connectivity index (χ1v) is 7.30. The molecule has 8 heteroatoms. The second kappa shape index (κ2) is 7.89. The zero-order valence-corrected chi connectivity index (χ0v) is 13.6. The van der Waals surface area contributed by atoms with Gasteiger partial charge in [-0.3, -0.25) is 10.1 Å². The van der Waals surface area contributed by atoms with Crippen molar-refractivity contribution >= 4 is 28.9 Å². The molecular weight excluding hydrogens is 345 g/mol. The van der Waals surface area contributed by atoms with Crippen LogP contribution < -0.4 is 14.2 Å². The molecule has 0 saturated carbocycles. The number of hydrogen-bond acceptors (Lipinski definition) is 5. The summed E-state index contributed by atoms with van der Waals surface area (Å²) < 4.78 is 16.1. The van der Waals surface area contributed by atoms with Gasteiger partial charge >= 0.3 is 0 Å². The molecular formula is C15H13Cl2NO5. The highest BCUT2D eigenvalue weighted by atomic mass is 35.5. The van der Waals surface area contributed by atoms with Gasteiger partial charge in [0.25, 0.3) is 5.69 Å². The van der Waals surface area contributed by atoms with Crippen LogP contribution in [0.1, 0.15) is 0 Å². The van der Waals surface area contributed by atoms with Gasteiger partial charge < -0.3 is 14.2 Å². The summed E-state index contributed by atoms with van der Waals surface area (Å²) in [6.07, 6.45) is 0. The summed E-state index contributed by atoms with van der Waals surface area (Å²) in [6.45, 7) is 0.340. The van der Waals surface area contributed by atoms with E-state index < -0.39 is 4.92 Å². The second-order valence-electron chi connectivity index (χ2n) is 4.36. The number of non-ortho nitro benzene ring substituents is 1. The van der Waals surface area contributed by atoms with Crippen molar-refractivity contribution < 1.29 is 19.1 Å². The van der Waals surface area contributed by atoms with Crippen molar-refractivity contribution in [3.8, 4) is 17.2 Å². The van der Waals surface area contributed by atoms with E-state index in [1.165, 1.54) is 25.3 Å². The number of halogens is 2. The minimum Gasteiger partial charge on any atom is -0.493 e. The number of ether oxygens (including phenoxy) is 3. The largest absolute Gasteiger partial charge is 0.493 e. The molecule has 0 fully saturated rings. The van der Waals surface area contributed by atoms with Gasteiger partial charge in [-0.2, -0.15) is 0 Å². The van der Waals surface area contributed by atoms with Crippen LogP contribution in [0.3, 0.4) is 0 Å². The van der Waals surface area contributed by atoms with Crippen LogP contribution in [0.15, 0.2) is 36.4 Å². The molecule has 0 bridgehead atoms. The highest BCUT2D eigenvalue weighted by Crippen LogP contribution is 2.31. The van der Waals surface area contributed by atoms with Crippen LogP contribution in [0.4, 0.5) is 5.69 Å². The highest BCUT2D eigenvalue weighted by Gasteiger charge is 2.12. The molecule has 0 aliphatic carbocycles. The topological polar surface area (TPSA) is 70.8 Å². The number of benzene rings is 2. The molecule has 0 radical (unpaired) electrons. The Morgan fingerprint density at radius 2 is 1.70 bits per heavy atom. The highest BCUT2D eigenvalue weighted by molar-refractivity contribution is 6.34. The number of nitro groups is 1. The monoisotopic (exact) mass is 357 g/mol. The Hall–Kier alpha value is -2.18. The summed E-state index contributed by atoms with van der Waals surface area (Å²) in [4.78, 5) is 10.3. The Morgan fingerprint density at radius 3 is 2.35 bits per heavy atom. The maximum absolute atomic E-state index is 10.8. The first kappa shape index (κ1) is 17.2. The Bertz CT molecular complexity index is 708. The lowest BCUT2D eigenvalue weighted by Crippen LogP contribution is -2.10. The SMILES string of the molecule is COc1ccc([N+](=O)[O-])cc1OCCOc1cc(Cl)ccc1Cl. The van der Waals surface area contributed by atoms with Gasteiger partial charge in [0.05, 0.1) is 23.1 Å². The van der Waals surface area contributed by atoms with E-state index in [0.717, 1.165) is 0 Å². The van der Waals surface area contributed by atoms with E-state index in [9.17, 15) is 10.1 Å². The molecule has 23 heavy (non-hydrogen) atoms. The van der Waals surface area contributed by atoms with Gasteiger partial charge in [0.15, 0.2) is 11.5 Å². The Kier molecular flexibility index (Phi) is 5.90. The molecule has 0 spiro atoms. The van der Waals surface area contributed by atoms with E-state index in [0.29, 0.717) is 21.5 Å². The van der Waals surface area contributed by atoms with Crippen molar-refractivity contribution in [1.29, 1.82) is 0 Å². The molecule has 6 nitrogen and oxygen atoms in total. The smallest absolute Gasteiger partial charge is 0.273 e. The molecule has 2 aromatic carbocycles. The Balaban J connectivity index is 1.97. The van der Waals surface area contributed by atoms with E-state index in [4.69, 9.17) is 37.4 Å². The number of nitrogens with zero attached hydrogens (tertiary/aromatic N) is 1. The maximum atomic E-state index is 10.8. The second-order valence-corrected chi connectivity index (χ2v) is 5.21. The zero-order valence-electron chi connectivity index (χ0n) is 12.1. The van der Waals surface area contributed by atoms with E-state index in [2.05, 4.69) is 0 Å². The van der Waals surface area contributed by atoms with Crippen LogP contribution in [0.2, 0.25) is 10.0 Å². The fourth-order valence-corrected chi connectivity index (χ4v) is 2.12. The lowest BCUT2D eigenvalue weighted by atomic mass is 10.3. The predicted molar refractivity (Wildman–Crippen MR) is 87.1 cm³/mol.